The van der Waals surface area contributed by atoms with Gasteiger partial charge in [0.05, 0.1) is 31.0 Å². The van der Waals surface area contributed by atoms with Gasteiger partial charge in [0, 0.05) is 10.6 Å². The maximum atomic E-state index is 13.5. The van der Waals surface area contributed by atoms with E-state index in [9.17, 15) is 4.79 Å². The van der Waals surface area contributed by atoms with Gasteiger partial charge in [-0.2, -0.15) is 0 Å². The Kier molecular flexibility index (Phi) is 6.87. The molecule has 4 aromatic rings. The van der Waals surface area contributed by atoms with Gasteiger partial charge in [0.1, 0.15) is 5.75 Å². The Morgan fingerprint density at radius 2 is 1.82 bits per heavy atom. The maximum Gasteiger partial charge on any atom is 0.277 e. The molecule has 0 fully saturated rings. The van der Waals surface area contributed by atoms with Crippen molar-refractivity contribution in [3.8, 4) is 5.75 Å². The molecule has 34 heavy (non-hydrogen) atoms. The number of carbonyl (C=O) groups is 1. The van der Waals surface area contributed by atoms with Gasteiger partial charge in [-0.15, -0.1) is 22.0 Å². The number of para-hydroxylation sites is 1. The van der Waals surface area contributed by atoms with Crippen LogP contribution in [0.1, 0.15) is 23.1 Å². The normalized spacial score (nSPS) is 15.1. The number of ether oxygens (including phenoxy) is 1. The smallest absolute Gasteiger partial charge is 0.277 e. The molecule has 0 saturated heterocycles. The van der Waals surface area contributed by atoms with E-state index in [4.69, 9.17) is 9.15 Å². The van der Waals surface area contributed by atoms with Crippen LogP contribution in [0.4, 0.5) is 5.69 Å². The third-order valence-electron chi connectivity index (χ3n) is 5.57. The van der Waals surface area contributed by atoms with E-state index in [1.54, 1.807) is 18.9 Å². The molecule has 0 spiro atoms. The highest BCUT2D eigenvalue weighted by Gasteiger charge is 2.32. The fraction of sp³-hybridized carbons (Fsp3) is 0.192. The predicted molar refractivity (Wildman–Crippen MR) is 135 cm³/mol. The first-order valence-electron chi connectivity index (χ1n) is 10.9. The number of nitrogens with zero attached hydrogens (tertiary/aromatic N) is 3. The molecule has 1 aliphatic heterocycles. The Bertz CT molecular complexity index is 1260. The quantitative estimate of drug-likeness (QED) is 0.311. The second-order valence-electron chi connectivity index (χ2n) is 7.74. The van der Waals surface area contributed by atoms with Gasteiger partial charge in [0.2, 0.25) is 11.8 Å². The minimum Gasteiger partial charge on any atom is -0.497 e. The van der Waals surface area contributed by atoms with Gasteiger partial charge >= 0.3 is 0 Å². The zero-order chi connectivity index (χ0) is 23.3. The van der Waals surface area contributed by atoms with Gasteiger partial charge < -0.3 is 14.1 Å². The summed E-state index contributed by atoms with van der Waals surface area (Å²) in [6.07, 6.45) is 0.526. The van der Waals surface area contributed by atoms with Gasteiger partial charge in [0.15, 0.2) is 0 Å². The highest BCUT2D eigenvalue weighted by Crippen LogP contribution is 2.43. The van der Waals surface area contributed by atoms with Crippen LogP contribution >= 0.6 is 23.5 Å². The second kappa shape index (κ2) is 10.4. The summed E-state index contributed by atoms with van der Waals surface area (Å²) in [5.74, 6) is 2.36. The second-order valence-corrected chi connectivity index (χ2v) is 9.73. The minimum absolute atomic E-state index is 0.0153. The molecule has 0 saturated carbocycles. The fourth-order valence-electron chi connectivity index (χ4n) is 3.90. The minimum atomic E-state index is -0.0254. The number of rotatable bonds is 7. The lowest BCUT2D eigenvalue weighted by atomic mass is 10.1. The molecular weight excluding hydrogens is 466 g/mol. The zero-order valence-corrected chi connectivity index (χ0v) is 20.2. The van der Waals surface area contributed by atoms with E-state index in [0.29, 0.717) is 17.5 Å². The SMILES string of the molecule is COc1ccc(Cc2nnc(SCC(=O)N3c4ccccc4SCC3c3ccccc3)o2)cc1. The van der Waals surface area contributed by atoms with Crippen molar-refractivity contribution in [1.29, 1.82) is 0 Å². The highest BCUT2D eigenvalue weighted by molar-refractivity contribution is 8.00. The van der Waals surface area contributed by atoms with Gasteiger partial charge in [-0.1, -0.05) is 66.4 Å². The Morgan fingerprint density at radius 3 is 2.62 bits per heavy atom. The number of hydrogen-bond donors (Lipinski definition) is 0. The summed E-state index contributed by atoms with van der Waals surface area (Å²) in [7, 11) is 1.64. The van der Waals surface area contributed by atoms with E-state index in [0.717, 1.165) is 33.2 Å². The lowest BCUT2D eigenvalue weighted by Gasteiger charge is -2.37. The van der Waals surface area contributed by atoms with E-state index in [1.807, 2.05) is 65.6 Å². The van der Waals surface area contributed by atoms with Crippen molar-refractivity contribution in [1.82, 2.24) is 10.2 Å². The van der Waals surface area contributed by atoms with Crippen LogP contribution in [0.15, 0.2) is 93.4 Å². The molecule has 5 rings (SSSR count). The van der Waals surface area contributed by atoms with Crippen molar-refractivity contribution in [3.63, 3.8) is 0 Å². The van der Waals surface area contributed by atoms with E-state index in [-0.39, 0.29) is 17.7 Å². The summed E-state index contributed by atoms with van der Waals surface area (Å²) in [6, 6.07) is 26.0. The summed E-state index contributed by atoms with van der Waals surface area (Å²) < 4.78 is 11.0. The number of fused-ring (bicyclic) bond motifs is 1. The molecule has 0 N–H and O–H groups in total. The standard InChI is InChI=1S/C26H23N3O3S2/c1-31-20-13-11-18(12-14-20)15-24-27-28-26(32-24)34-17-25(30)29-21-9-5-6-10-23(21)33-16-22(29)19-7-3-2-4-8-19/h2-14,22H,15-17H2,1H3. The average Bonchev–Trinajstić information content (AvgIpc) is 3.34. The van der Waals surface area contributed by atoms with Crippen LogP contribution in [-0.4, -0.2) is 34.7 Å². The largest absolute Gasteiger partial charge is 0.497 e. The first kappa shape index (κ1) is 22.6. The van der Waals surface area contributed by atoms with E-state index < -0.39 is 0 Å². The number of anilines is 1. The van der Waals surface area contributed by atoms with Crippen LogP contribution in [-0.2, 0) is 11.2 Å². The molecule has 0 bridgehead atoms. The van der Waals surface area contributed by atoms with E-state index in [2.05, 4.69) is 28.4 Å². The topological polar surface area (TPSA) is 68.5 Å². The lowest BCUT2D eigenvalue weighted by molar-refractivity contribution is -0.116. The molecule has 1 atom stereocenters. The first-order valence-corrected chi connectivity index (χ1v) is 12.9. The Morgan fingerprint density at radius 1 is 1.06 bits per heavy atom. The molecule has 0 aliphatic carbocycles. The third kappa shape index (κ3) is 4.98. The monoisotopic (exact) mass is 489 g/mol. The number of carbonyl (C=O) groups excluding carboxylic acids is 1. The van der Waals surface area contributed by atoms with Gasteiger partial charge in [0.25, 0.3) is 5.22 Å². The molecule has 8 heteroatoms. The van der Waals surface area contributed by atoms with Gasteiger partial charge in [-0.3, -0.25) is 4.79 Å². The Hall–Kier alpha value is -3.23. The van der Waals surface area contributed by atoms with Crippen molar-refractivity contribution in [2.24, 2.45) is 0 Å². The molecule has 1 aromatic heterocycles. The summed E-state index contributed by atoms with van der Waals surface area (Å²) in [6.45, 7) is 0. The lowest BCUT2D eigenvalue weighted by Crippen LogP contribution is -2.39. The number of hydrogen-bond acceptors (Lipinski definition) is 7. The van der Waals surface area contributed by atoms with Crippen LogP contribution in [0, 0.1) is 0 Å². The van der Waals surface area contributed by atoms with Crippen LogP contribution in [0.5, 0.6) is 5.75 Å². The van der Waals surface area contributed by atoms with E-state index >= 15 is 0 Å². The van der Waals surface area contributed by atoms with Crippen molar-refractivity contribution in [2.45, 2.75) is 22.6 Å². The van der Waals surface area contributed by atoms with Crippen LogP contribution in [0.25, 0.3) is 0 Å². The summed E-state index contributed by atoms with van der Waals surface area (Å²) in [5, 5.41) is 8.67. The molecule has 1 unspecified atom stereocenters. The molecule has 0 radical (unpaired) electrons. The number of aromatic nitrogens is 2. The molecule has 2 heterocycles. The number of methoxy groups -OCH3 is 1. The predicted octanol–water partition coefficient (Wildman–Crippen LogP) is 5.64. The van der Waals surface area contributed by atoms with Crippen molar-refractivity contribution < 1.29 is 13.9 Å². The third-order valence-corrected chi connectivity index (χ3v) is 7.51. The highest BCUT2D eigenvalue weighted by atomic mass is 32.2. The van der Waals surface area contributed by atoms with Crippen molar-refractivity contribution in [2.75, 3.05) is 23.5 Å². The molecular formula is C26H23N3O3S2. The van der Waals surface area contributed by atoms with Gasteiger partial charge in [-0.25, -0.2) is 0 Å². The summed E-state index contributed by atoms with van der Waals surface area (Å²) in [5.41, 5.74) is 3.12. The molecule has 172 valence electrons. The van der Waals surface area contributed by atoms with E-state index in [1.165, 1.54) is 11.8 Å². The Labute approximate surface area is 206 Å². The Balaban J connectivity index is 1.29. The van der Waals surface area contributed by atoms with Crippen molar-refractivity contribution in [3.05, 3.63) is 95.9 Å². The zero-order valence-electron chi connectivity index (χ0n) is 18.6. The van der Waals surface area contributed by atoms with Crippen LogP contribution in [0.2, 0.25) is 0 Å². The number of amides is 1. The van der Waals surface area contributed by atoms with Crippen LogP contribution in [0.3, 0.4) is 0 Å². The van der Waals surface area contributed by atoms with Gasteiger partial charge in [-0.05, 0) is 35.4 Å². The average molecular weight is 490 g/mol. The molecule has 1 aliphatic rings. The number of benzene rings is 3. The van der Waals surface area contributed by atoms with Crippen LogP contribution < -0.4 is 9.64 Å². The maximum absolute atomic E-state index is 13.5. The molecule has 3 aromatic carbocycles. The molecule has 6 nitrogen and oxygen atoms in total. The summed E-state index contributed by atoms with van der Waals surface area (Å²) in [4.78, 5) is 16.5. The van der Waals surface area contributed by atoms with Crippen molar-refractivity contribution >= 4 is 35.1 Å². The first-order chi connectivity index (χ1) is 16.7. The molecule has 1 amide bonds. The number of thioether (sulfide) groups is 2. The summed E-state index contributed by atoms with van der Waals surface area (Å²) >= 11 is 3.06. The fourth-order valence-corrected chi connectivity index (χ4v) is 5.70.